The minimum atomic E-state index is 0.103. The molecule has 1 rings (SSSR count). The summed E-state index contributed by atoms with van der Waals surface area (Å²) in [6.07, 6.45) is 1.23. The van der Waals surface area contributed by atoms with Crippen molar-refractivity contribution in [2.24, 2.45) is 5.41 Å². The number of hydrogen-bond donors (Lipinski definition) is 1. The normalized spacial score (nSPS) is 15.3. The molecule has 0 aromatic heterocycles. The standard InChI is InChI=1S/C17H29NO/c1-7-13-10-9-11-14(12-13)15(18-6)16(19-8-2)17(3,4)5/h9-12,15-16,18H,7-8H2,1-6H3. The van der Waals surface area contributed by atoms with Crippen molar-refractivity contribution in [3.05, 3.63) is 35.4 Å². The molecule has 1 N–H and O–H groups in total. The van der Waals surface area contributed by atoms with Gasteiger partial charge in [-0.05, 0) is 36.9 Å². The van der Waals surface area contributed by atoms with E-state index in [1.165, 1.54) is 11.1 Å². The summed E-state index contributed by atoms with van der Waals surface area (Å²) in [7, 11) is 2.01. The topological polar surface area (TPSA) is 21.3 Å². The second kappa shape index (κ2) is 7.06. The second-order valence-electron chi connectivity index (χ2n) is 6.11. The number of nitrogens with one attached hydrogen (secondary N) is 1. The third-order valence-corrected chi connectivity index (χ3v) is 3.53. The van der Waals surface area contributed by atoms with Gasteiger partial charge < -0.3 is 10.1 Å². The van der Waals surface area contributed by atoms with Crippen molar-refractivity contribution in [1.82, 2.24) is 5.32 Å². The Labute approximate surface area is 118 Å². The van der Waals surface area contributed by atoms with Gasteiger partial charge in [-0.2, -0.15) is 0 Å². The zero-order valence-corrected chi connectivity index (χ0v) is 13.3. The molecule has 2 nitrogen and oxygen atoms in total. The van der Waals surface area contributed by atoms with Gasteiger partial charge >= 0.3 is 0 Å². The van der Waals surface area contributed by atoms with E-state index in [4.69, 9.17) is 4.74 Å². The maximum absolute atomic E-state index is 6.02. The van der Waals surface area contributed by atoms with Crippen molar-refractivity contribution >= 4 is 0 Å². The molecule has 0 amide bonds. The van der Waals surface area contributed by atoms with Crippen LogP contribution in [0.1, 0.15) is 51.8 Å². The molecule has 0 radical (unpaired) electrons. The van der Waals surface area contributed by atoms with Crippen LogP contribution in [0.3, 0.4) is 0 Å². The predicted molar refractivity (Wildman–Crippen MR) is 82.5 cm³/mol. The molecule has 2 atom stereocenters. The SMILES string of the molecule is CCOC(C(NC)c1cccc(CC)c1)C(C)(C)C. The molecule has 0 spiro atoms. The smallest absolute Gasteiger partial charge is 0.0817 e. The third-order valence-electron chi connectivity index (χ3n) is 3.53. The number of ether oxygens (including phenoxy) is 1. The highest BCUT2D eigenvalue weighted by Gasteiger charge is 2.33. The number of aryl methyl sites for hydroxylation is 1. The molecule has 108 valence electrons. The van der Waals surface area contributed by atoms with Crippen LogP contribution < -0.4 is 5.32 Å². The number of likely N-dealkylation sites (N-methyl/N-ethyl adjacent to an activating group) is 1. The van der Waals surface area contributed by atoms with E-state index in [-0.39, 0.29) is 17.6 Å². The maximum Gasteiger partial charge on any atom is 0.0817 e. The number of benzene rings is 1. The molecule has 19 heavy (non-hydrogen) atoms. The zero-order chi connectivity index (χ0) is 14.5. The van der Waals surface area contributed by atoms with Gasteiger partial charge in [0.1, 0.15) is 0 Å². The van der Waals surface area contributed by atoms with E-state index < -0.39 is 0 Å². The van der Waals surface area contributed by atoms with Crippen LogP contribution in [0.4, 0.5) is 0 Å². The van der Waals surface area contributed by atoms with Crippen molar-refractivity contribution in [2.75, 3.05) is 13.7 Å². The lowest BCUT2D eigenvalue weighted by Gasteiger charge is -2.37. The molecule has 0 heterocycles. The lowest BCUT2D eigenvalue weighted by atomic mass is 9.81. The first-order chi connectivity index (χ1) is 8.93. The molecule has 0 bridgehead atoms. The molecule has 1 aromatic rings. The van der Waals surface area contributed by atoms with Crippen LogP contribution in [0.5, 0.6) is 0 Å². The van der Waals surface area contributed by atoms with Crippen LogP contribution in [0.25, 0.3) is 0 Å². The molecule has 2 unspecified atom stereocenters. The van der Waals surface area contributed by atoms with E-state index in [1.54, 1.807) is 0 Å². The zero-order valence-electron chi connectivity index (χ0n) is 13.3. The van der Waals surface area contributed by atoms with Gasteiger partial charge in [0, 0.05) is 6.61 Å². The Balaban J connectivity index is 3.08. The van der Waals surface area contributed by atoms with E-state index in [2.05, 4.69) is 64.2 Å². The summed E-state index contributed by atoms with van der Waals surface area (Å²) in [5.74, 6) is 0. The van der Waals surface area contributed by atoms with Crippen molar-refractivity contribution in [3.63, 3.8) is 0 Å². The second-order valence-corrected chi connectivity index (χ2v) is 6.11. The number of rotatable bonds is 6. The fraction of sp³-hybridized carbons (Fsp3) is 0.647. The van der Waals surface area contributed by atoms with Gasteiger partial charge in [-0.3, -0.25) is 0 Å². The van der Waals surface area contributed by atoms with Crippen molar-refractivity contribution in [3.8, 4) is 0 Å². The van der Waals surface area contributed by atoms with Crippen LogP contribution in [0.15, 0.2) is 24.3 Å². The van der Waals surface area contributed by atoms with E-state index >= 15 is 0 Å². The Hall–Kier alpha value is -0.860. The Bertz CT molecular complexity index is 381. The largest absolute Gasteiger partial charge is 0.376 e. The summed E-state index contributed by atoms with van der Waals surface area (Å²) in [4.78, 5) is 0. The van der Waals surface area contributed by atoms with Gasteiger partial charge in [0.05, 0.1) is 12.1 Å². The van der Waals surface area contributed by atoms with Crippen molar-refractivity contribution in [1.29, 1.82) is 0 Å². The first-order valence-electron chi connectivity index (χ1n) is 7.31. The van der Waals surface area contributed by atoms with E-state index in [0.717, 1.165) is 13.0 Å². The molecule has 1 aromatic carbocycles. The fourth-order valence-corrected chi connectivity index (χ4v) is 2.53. The van der Waals surface area contributed by atoms with Crippen LogP contribution in [0, 0.1) is 5.41 Å². The predicted octanol–water partition coefficient (Wildman–Crippen LogP) is 3.96. The van der Waals surface area contributed by atoms with Gasteiger partial charge in [0.15, 0.2) is 0 Å². The van der Waals surface area contributed by atoms with Crippen LogP contribution in [-0.2, 0) is 11.2 Å². The first kappa shape index (κ1) is 16.2. The summed E-state index contributed by atoms with van der Waals surface area (Å²) in [5, 5.41) is 3.44. The molecular weight excluding hydrogens is 234 g/mol. The molecule has 2 heteroatoms. The minimum Gasteiger partial charge on any atom is -0.376 e. The van der Waals surface area contributed by atoms with Crippen LogP contribution in [-0.4, -0.2) is 19.8 Å². The molecule has 0 saturated carbocycles. The van der Waals surface area contributed by atoms with Gasteiger partial charge in [-0.25, -0.2) is 0 Å². The van der Waals surface area contributed by atoms with Crippen molar-refractivity contribution < 1.29 is 4.74 Å². The Morgan fingerprint density at radius 3 is 2.37 bits per heavy atom. The monoisotopic (exact) mass is 263 g/mol. The average Bonchev–Trinajstić information content (AvgIpc) is 2.38. The summed E-state index contributed by atoms with van der Waals surface area (Å²) in [5.41, 5.74) is 2.79. The maximum atomic E-state index is 6.02. The molecular formula is C17H29NO. The quantitative estimate of drug-likeness (QED) is 0.839. The summed E-state index contributed by atoms with van der Waals surface area (Å²) in [6, 6.07) is 9.04. The summed E-state index contributed by atoms with van der Waals surface area (Å²) in [6.45, 7) is 11.7. The fourth-order valence-electron chi connectivity index (χ4n) is 2.53. The minimum absolute atomic E-state index is 0.103. The van der Waals surface area contributed by atoms with Gasteiger partial charge in [-0.1, -0.05) is 52.0 Å². The van der Waals surface area contributed by atoms with Gasteiger partial charge in [-0.15, -0.1) is 0 Å². The van der Waals surface area contributed by atoms with E-state index in [0.29, 0.717) is 0 Å². The number of hydrogen-bond acceptors (Lipinski definition) is 2. The molecule has 0 fully saturated rings. The van der Waals surface area contributed by atoms with E-state index in [1.807, 2.05) is 7.05 Å². The molecule has 0 saturated heterocycles. The Kier molecular flexibility index (Phi) is 6.02. The first-order valence-corrected chi connectivity index (χ1v) is 7.31. The summed E-state index contributed by atoms with van der Waals surface area (Å²) < 4.78 is 6.02. The van der Waals surface area contributed by atoms with Gasteiger partial charge in [0.25, 0.3) is 0 Å². The highest BCUT2D eigenvalue weighted by Crippen LogP contribution is 2.33. The Morgan fingerprint density at radius 2 is 1.89 bits per heavy atom. The molecule has 0 aliphatic rings. The van der Waals surface area contributed by atoms with Gasteiger partial charge in [0.2, 0.25) is 0 Å². The van der Waals surface area contributed by atoms with Crippen LogP contribution in [0.2, 0.25) is 0 Å². The lowest BCUT2D eigenvalue weighted by molar-refractivity contribution is -0.0350. The average molecular weight is 263 g/mol. The summed E-state index contributed by atoms with van der Waals surface area (Å²) >= 11 is 0. The molecule has 0 aliphatic carbocycles. The van der Waals surface area contributed by atoms with E-state index in [9.17, 15) is 0 Å². The highest BCUT2D eigenvalue weighted by molar-refractivity contribution is 5.27. The highest BCUT2D eigenvalue weighted by atomic mass is 16.5. The molecule has 0 aliphatic heterocycles. The van der Waals surface area contributed by atoms with Crippen molar-refractivity contribution in [2.45, 2.75) is 53.2 Å². The third kappa shape index (κ3) is 4.32. The lowest BCUT2D eigenvalue weighted by Crippen LogP contribution is -2.41. The van der Waals surface area contributed by atoms with Crippen LogP contribution >= 0.6 is 0 Å². The Morgan fingerprint density at radius 1 is 1.21 bits per heavy atom.